The lowest BCUT2D eigenvalue weighted by Gasteiger charge is -2.40. The second-order valence-corrected chi connectivity index (χ2v) is 5.09. The number of hydrogen-bond donors (Lipinski definition) is 1. The molecule has 0 spiro atoms. The van der Waals surface area contributed by atoms with Crippen molar-refractivity contribution in [3.8, 4) is 0 Å². The first-order chi connectivity index (χ1) is 6.85. The van der Waals surface area contributed by atoms with Gasteiger partial charge >= 0.3 is 0 Å². The minimum atomic E-state index is 0.500. The van der Waals surface area contributed by atoms with E-state index in [0.717, 1.165) is 18.8 Å². The number of nitrogens with one attached hydrogen (secondary N) is 1. The molecule has 1 fully saturated rings. The molecule has 0 bridgehead atoms. The topological polar surface area (TPSA) is 38.1 Å². The molecule has 1 aliphatic carbocycles. The van der Waals surface area contributed by atoms with E-state index >= 15 is 0 Å². The molecular weight excluding hydrogens is 196 g/mol. The van der Waals surface area contributed by atoms with E-state index in [1.54, 1.807) is 6.20 Å². The Labute approximate surface area is 88.7 Å². The van der Waals surface area contributed by atoms with Gasteiger partial charge in [-0.05, 0) is 19.1 Å². The van der Waals surface area contributed by atoms with Gasteiger partial charge in [0.1, 0.15) is 5.76 Å². The average Bonchev–Trinajstić information content (AvgIpc) is 2.62. The fourth-order valence-corrected chi connectivity index (χ4v) is 2.71. The van der Waals surface area contributed by atoms with Gasteiger partial charge in [0.25, 0.3) is 0 Å². The van der Waals surface area contributed by atoms with E-state index in [1.807, 2.05) is 11.8 Å². The summed E-state index contributed by atoms with van der Waals surface area (Å²) in [5.74, 6) is 0.917. The Morgan fingerprint density at radius 1 is 1.64 bits per heavy atom. The van der Waals surface area contributed by atoms with Gasteiger partial charge in [0.2, 0.25) is 0 Å². The molecule has 14 heavy (non-hydrogen) atoms. The molecule has 0 saturated heterocycles. The maximum atomic E-state index is 5.15. The summed E-state index contributed by atoms with van der Waals surface area (Å²) in [7, 11) is 0. The van der Waals surface area contributed by atoms with E-state index in [2.05, 4.69) is 16.6 Å². The SMILES string of the molecule is CSC1(CNCc2cnco2)CCC1. The molecule has 1 N–H and O–H groups in total. The fraction of sp³-hybridized carbons (Fsp3) is 0.700. The van der Waals surface area contributed by atoms with Gasteiger partial charge in [-0.25, -0.2) is 4.98 Å². The Bertz CT molecular complexity index is 264. The van der Waals surface area contributed by atoms with Crippen LogP contribution in [0.25, 0.3) is 0 Å². The van der Waals surface area contributed by atoms with Crippen LogP contribution in [0.1, 0.15) is 25.0 Å². The van der Waals surface area contributed by atoms with Crippen molar-refractivity contribution in [2.24, 2.45) is 0 Å². The Kier molecular flexibility index (Phi) is 3.13. The summed E-state index contributed by atoms with van der Waals surface area (Å²) in [5, 5.41) is 3.43. The van der Waals surface area contributed by atoms with Gasteiger partial charge in [-0.2, -0.15) is 11.8 Å². The van der Waals surface area contributed by atoms with Crippen molar-refractivity contribution in [3.05, 3.63) is 18.4 Å². The lowest BCUT2D eigenvalue weighted by molar-refractivity contribution is 0.339. The molecule has 4 heteroatoms. The second kappa shape index (κ2) is 4.36. The van der Waals surface area contributed by atoms with Crippen molar-refractivity contribution >= 4 is 11.8 Å². The monoisotopic (exact) mass is 212 g/mol. The summed E-state index contributed by atoms with van der Waals surface area (Å²) in [4.78, 5) is 3.88. The van der Waals surface area contributed by atoms with Crippen LogP contribution >= 0.6 is 11.8 Å². The molecule has 0 amide bonds. The van der Waals surface area contributed by atoms with Crippen LogP contribution in [-0.4, -0.2) is 22.5 Å². The fourth-order valence-electron chi connectivity index (χ4n) is 1.77. The highest BCUT2D eigenvalue weighted by Gasteiger charge is 2.35. The van der Waals surface area contributed by atoms with Gasteiger partial charge in [0, 0.05) is 11.3 Å². The van der Waals surface area contributed by atoms with Crippen LogP contribution in [0.2, 0.25) is 0 Å². The van der Waals surface area contributed by atoms with E-state index < -0.39 is 0 Å². The zero-order valence-electron chi connectivity index (χ0n) is 8.45. The van der Waals surface area contributed by atoms with E-state index in [-0.39, 0.29) is 0 Å². The Morgan fingerprint density at radius 2 is 2.50 bits per heavy atom. The van der Waals surface area contributed by atoms with Crippen molar-refractivity contribution in [2.45, 2.75) is 30.6 Å². The van der Waals surface area contributed by atoms with Gasteiger partial charge in [0.15, 0.2) is 6.39 Å². The van der Waals surface area contributed by atoms with E-state index in [4.69, 9.17) is 4.42 Å². The molecule has 0 atom stereocenters. The first-order valence-corrected chi connectivity index (χ1v) is 6.20. The summed E-state index contributed by atoms with van der Waals surface area (Å²) < 4.78 is 5.65. The molecule has 0 aliphatic heterocycles. The lowest BCUT2D eigenvalue weighted by Crippen LogP contribution is -2.43. The van der Waals surface area contributed by atoms with Crippen molar-refractivity contribution in [1.82, 2.24) is 10.3 Å². The lowest BCUT2D eigenvalue weighted by atomic mass is 9.84. The summed E-state index contributed by atoms with van der Waals surface area (Å²) in [6, 6.07) is 0. The molecule has 78 valence electrons. The third kappa shape index (κ3) is 2.12. The quantitative estimate of drug-likeness (QED) is 0.810. The highest BCUT2D eigenvalue weighted by atomic mass is 32.2. The molecule has 1 saturated carbocycles. The Hall–Kier alpha value is -0.480. The molecule has 3 nitrogen and oxygen atoms in total. The third-order valence-electron chi connectivity index (χ3n) is 2.93. The predicted molar refractivity (Wildman–Crippen MR) is 58.3 cm³/mol. The van der Waals surface area contributed by atoms with Crippen LogP contribution in [0, 0.1) is 0 Å². The van der Waals surface area contributed by atoms with Crippen LogP contribution in [0.5, 0.6) is 0 Å². The zero-order valence-corrected chi connectivity index (χ0v) is 9.27. The summed E-state index contributed by atoms with van der Waals surface area (Å²) in [6.45, 7) is 1.87. The molecule has 0 radical (unpaired) electrons. The average molecular weight is 212 g/mol. The number of hydrogen-bond acceptors (Lipinski definition) is 4. The standard InChI is InChI=1S/C10H16N2OS/c1-14-10(3-2-4-10)7-11-5-9-6-12-8-13-9/h6,8,11H,2-5,7H2,1H3. The maximum absolute atomic E-state index is 5.15. The van der Waals surface area contributed by atoms with Gasteiger partial charge in [-0.3, -0.25) is 0 Å². The van der Waals surface area contributed by atoms with Crippen molar-refractivity contribution < 1.29 is 4.42 Å². The molecule has 1 aliphatic rings. The number of thioether (sulfide) groups is 1. The normalized spacial score (nSPS) is 19.2. The number of oxazole rings is 1. The number of rotatable bonds is 5. The molecule has 1 heterocycles. The van der Waals surface area contributed by atoms with Crippen LogP contribution in [0.15, 0.2) is 17.0 Å². The van der Waals surface area contributed by atoms with Crippen molar-refractivity contribution in [2.75, 3.05) is 12.8 Å². The maximum Gasteiger partial charge on any atom is 0.180 e. The predicted octanol–water partition coefficient (Wildman–Crippen LogP) is 2.05. The molecule has 2 rings (SSSR count). The minimum Gasteiger partial charge on any atom is -0.447 e. The Balaban J connectivity index is 1.72. The van der Waals surface area contributed by atoms with E-state index in [0.29, 0.717) is 4.75 Å². The molecular formula is C10H16N2OS. The molecule has 1 aromatic rings. The third-order valence-corrected chi connectivity index (χ3v) is 4.35. The van der Waals surface area contributed by atoms with Crippen LogP contribution in [0.4, 0.5) is 0 Å². The van der Waals surface area contributed by atoms with Gasteiger partial charge < -0.3 is 9.73 Å². The zero-order chi connectivity index (χ0) is 9.86. The first-order valence-electron chi connectivity index (χ1n) is 4.98. The van der Waals surface area contributed by atoms with E-state index in [9.17, 15) is 0 Å². The Morgan fingerprint density at radius 3 is 3.00 bits per heavy atom. The summed E-state index contributed by atoms with van der Waals surface area (Å²) in [5.41, 5.74) is 0. The largest absolute Gasteiger partial charge is 0.447 e. The molecule has 1 aromatic heterocycles. The van der Waals surface area contributed by atoms with Gasteiger partial charge in [0.05, 0.1) is 12.7 Å². The first kappa shape index (κ1) is 10.1. The van der Waals surface area contributed by atoms with Crippen LogP contribution < -0.4 is 5.32 Å². The van der Waals surface area contributed by atoms with Crippen molar-refractivity contribution in [3.63, 3.8) is 0 Å². The van der Waals surface area contributed by atoms with Crippen molar-refractivity contribution in [1.29, 1.82) is 0 Å². The van der Waals surface area contributed by atoms with Crippen LogP contribution in [0.3, 0.4) is 0 Å². The van der Waals surface area contributed by atoms with Gasteiger partial charge in [-0.1, -0.05) is 6.42 Å². The van der Waals surface area contributed by atoms with Crippen LogP contribution in [-0.2, 0) is 6.54 Å². The minimum absolute atomic E-state index is 0.500. The summed E-state index contributed by atoms with van der Waals surface area (Å²) >= 11 is 1.99. The smallest absolute Gasteiger partial charge is 0.180 e. The highest BCUT2D eigenvalue weighted by Crippen LogP contribution is 2.42. The highest BCUT2D eigenvalue weighted by molar-refractivity contribution is 8.00. The van der Waals surface area contributed by atoms with E-state index in [1.165, 1.54) is 25.7 Å². The summed E-state index contributed by atoms with van der Waals surface area (Å²) in [6.07, 6.45) is 9.51. The molecule has 0 aromatic carbocycles. The number of aromatic nitrogens is 1. The van der Waals surface area contributed by atoms with Gasteiger partial charge in [-0.15, -0.1) is 0 Å². The number of nitrogens with zero attached hydrogens (tertiary/aromatic N) is 1. The second-order valence-electron chi connectivity index (χ2n) is 3.81. The molecule has 0 unspecified atom stereocenters.